The van der Waals surface area contributed by atoms with Crippen molar-refractivity contribution in [3.05, 3.63) is 30.1 Å². The molecule has 0 spiro atoms. The molecule has 1 aromatic rings. The summed E-state index contributed by atoms with van der Waals surface area (Å²) in [7, 11) is 0. The van der Waals surface area contributed by atoms with Gasteiger partial charge in [0.15, 0.2) is 0 Å². The van der Waals surface area contributed by atoms with Gasteiger partial charge in [0.2, 0.25) is 5.91 Å². The number of aliphatic hydroxyl groups is 1. The number of pyridine rings is 1. The summed E-state index contributed by atoms with van der Waals surface area (Å²) < 4.78 is 0. The molecule has 19 heavy (non-hydrogen) atoms. The first-order valence-electron chi connectivity index (χ1n) is 6.44. The second-order valence-corrected chi connectivity index (χ2v) is 5.59. The van der Waals surface area contributed by atoms with Gasteiger partial charge in [-0.3, -0.25) is 9.78 Å². The number of hydrogen-bond donors (Lipinski definition) is 2. The molecular weight excluding hydrogens is 260 g/mol. The van der Waals surface area contributed by atoms with Crippen molar-refractivity contribution in [1.82, 2.24) is 10.3 Å². The number of carbonyl (C=O) groups excluding carboxylic acids is 1. The minimum absolute atomic E-state index is 0.00388. The Morgan fingerprint density at radius 1 is 1.53 bits per heavy atom. The third kappa shape index (κ3) is 6.07. The molecule has 4 nitrogen and oxygen atoms in total. The third-order valence-electron chi connectivity index (χ3n) is 2.91. The summed E-state index contributed by atoms with van der Waals surface area (Å²) >= 11 is 1.66. The Hall–Kier alpha value is -1.07. The largest absolute Gasteiger partial charge is 0.396 e. The van der Waals surface area contributed by atoms with Crippen LogP contribution in [0.15, 0.2) is 24.4 Å². The molecule has 2 unspecified atom stereocenters. The molecule has 5 heteroatoms. The molecule has 1 amide bonds. The predicted octanol–water partition coefficient (Wildman–Crippen LogP) is 1.35. The lowest BCUT2D eigenvalue weighted by Crippen LogP contribution is -2.36. The first kappa shape index (κ1) is 16.0. The zero-order valence-corrected chi connectivity index (χ0v) is 12.3. The SMILES string of the molecule is CSCC(C)C(=O)NCC(CO)Cc1ccccn1. The van der Waals surface area contributed by atoms with Gasteiger partial charge < -0.3 is 10.4 Å². The average molecular weight is 282 g/mol. The van der Waals surface area contributed by atoms with Crippen LogP contribution in [0.1, 0.15) is 12.6 Å². The van der Waals surface area contributed by atoms with Crippen molar-refractivity contribution in [2.75, 3.05) is 25.2 Å². The van der Waals surface area contributed by atoms with E-state index < -0.39 is 0 Å². The maximum Gasteiger partial charge on any atom is 0.223 e. The maximum atomic E-state index is 11.8. The zero-order valence-electron chi connectivity index (χ0n) is 11.5. The second-order valence-electron chi connectivity index (χ2n) is 4.68. The third-order valence-corrected chi connectivity index (χ3v) is 3.74. The molecule has 0 bridgehead atoms. The quantitative estimate of drug-likeness (QED) is 0.755. The van der Waals surface area contributed by atoms with Crippen LogP contribution >= 0.6 is 11.8 Å². The van der Waals surface area contributed by atoms with Crippen LogP contribution < -0.4 is 5.32 Å². The van der Waals surface area contributed by atoms with Crippen LogP contribution in [0.2, 0.25) is 0 Å². The van der Waals surface area contributed by atoms with Crippen molar-refractivity contribution < 1.29 is 9.90 Å². The molecule has 0 aliphatic carbocycles. The van der Waals surface area contributed by atoms with Crippen LogP contribution in [-0.2, 0) is 11.2 Å². The summed E-state index contributed by atoms with van der Waals surface area (Å²) in [5, 5.41) is 12.3. The van der Waals surface area contributed by atoms with Gasteiger partial charge in [-0.2, -0.15) is 11.8 Å². The van der Waals surface area contributed by atoms with E-state index in [0.717, 1.165) is 11.4 Å². The van der Waals surface area contributed by atoms with E-state index in [1.54, 1.807) is 18.0 Å². The fourth-order valence-electron chi connectivity index (χ4n) is 1.76. The molecule has 0 saturated carbocycles. The van der Waals surface area contributed by atoms with Gasteiger partial charge in [-0.1, -0.05) is 13.0 Å². The molecular formula is C14H22N2O2S. The average Bonchev–Trinajstić information content (AvgIpc) is 2.44. The summed E-state index contributed by atoms with van der Waals surface area (Å²) in [4.78, 5) is 16.0. The van der Waals surface area contributed by atoms with Crippen molar-refractivity contribution in [2.45, 2.75) is 13.3 Å². The Kier molecular flexibility index (Phi) is 7.52. The van der Waals surface area contributed by atoms with Crippen molar-refractivity contribution in [1.29, 1.82) is 0 Å². The minimum atomic E-state index is 0.00388. The zero-order chi connectivity index (χ0) is 14.1. The molecule has 0 saturated heterocycles. The summed E-state index contributed by atoms with van der Waals surface area (Å²) in [5.41, 5.74) is 0.938. The summed E-state index contributed by atoms with van der Waals surface area (Å²) in [6.07, 6.45) is 4.40. The second kappa shape index (κ2) is 8.93. The van der Waals surface area contributed by atoms with Crippen molar-refractivity contribution >= 4 is 17.7 Å². The highest BCUT2D eigenvalue weighted by atomic mass is 32.2. The molecule has 0 radical (unpaired) electrons. The van der Waals surface area contributed by atoms with E-state index in [1.165, 1.54) is 0 Å². The van der Waals surface area contributed by atoms with Crippen LogP contribution in [-0.4, -0.2) is 41.2 Å². The Balaban J connectivity index is 2.39. The monoisotopic (exact) mass is 282 g/mol. The molecule has 1 rings (SSSR count). The Bertz CT molecular complexity index is 373. The number of thioether (sulfide) groups is 1. The lowest BCUT2D eigenvalue weighted by molar-refractivity contribution is -0.124. The molecule has 1 aromatic heterocycles. The number of aliphatic hydroxyl groups excluding tert-OH is 1. The lowest BCUT2D eigenvalue weighted by atomic mass is 10.0. The van der Waals surface area contributed by atoms with Crippen LogP contribution in [0, 0.1) is 11.8 Å². The Morgan fingerprint density at radius 2 is 2.32 bits per heavy atom. The van der Waals surface area contributed by atoms with E-state index >= 15 is 0 Å². The molecule has 1 heterocycles. The van der Waals surface area contributed by atoms with Crippen LogP contribution in [0.25, 0.3) is 0 Å². The molecule has 0 aliphatic rings. The number of aromatic nitrogens is 1. The van der Waals surface area contributed by atoms with Crippen molar-refractivity contribution in [2.24, 2.45) is 11.8 Å². The molecule has 2 N–H and O–H groups in total. The topological polar surface area (TPSA) is 62.2 Å². The fraction of sp³-hybridized carbons (Fsp3) is 0.571. The van der Waals surface area contributed by atoms with Gasteiger partial charge >= 0.3 is 0 Å². The van der Waals surface area contributed by atoms with Crippen LogP contribution in [0.3, 0.4) is 0 Å². The fourth-order valence-corrected chi connectivity index (χ4v) is 2.41. The Labute approximate surface area is 119 Å². The smallest absolute Gasteiger partial charge is 0.223 e. The Morgan fingerprint density at radius 3 is 2.89 bits per heavy atom. The van der Waals surface area contributed by atoms with Gasteiger partial charge in [-0.05, 0) is 24.8 Å². The number of amides is 1. The van der Waals surface area contributed by atoms with Gasteiger partial charge in [0.1, 0.15) is 0 Å². The van der Waals surface area contributed by atoms with Gasteiger partial charge in [0.25, 0.3) is 0 Å². The van der Waals surface area contributed by atoms with Gasteiger partial charge in [-0.25, -0.2) is 0 Å². The lowest BCUT2D eigenvalue weighted by Gasteiger charge is -2.16. The molecule has 2 atom stereocenters. The number of nitrogens with one attached hydrogen (secondary N) is 1. The first-order valence-corrected chi connectivity index (χ1v) is 7.84. The first-order chi connectivity index (χ1) is 9.17. The van der Waals surface area contributed by atoms with Crippen molar-refractivity contribution in [3.63, 3.8) is 0 Å². The maximum absolute atomic E-state index is 11.8. The number of nitrogens with zero attached hydrogens (tertiary/aromatic N) is 1. The van der Waals surface area contributed by atoms with E-state index in [0.29, 0.717) is 13.0 Å². The van der Waals surface area contributed by atoms with Gasteiger partial charge in [0, 0.05) is 42.6 Å². The van der Waals surface area contributed by atoms with Crippen LogP contribution in [0.5, 0.6) is 0 Å². The predicted molar refractivity (Wildman–Crippen MR) is 79.1 cm³/mol. The molecule has 0 aromatic carbocycles. The highest BCUT2D eigenvalue weighted by Gasteiger charge is 2.15. The van der Waals surface area contributed by atoms with E-state index in [2.05, 4.69) is 10.3 Å². The minimum Gasteiger partial charge on any atom is -0.396 e. The molecule has 106 valence electrons. The van der Waals surface area contributed by atoms with Gasteiger partial charge in [-0.15, -0.1) is 0 Å². The summed E-state index contributed by atoms with van der Waals surface area (Å²) in [6.45, 7) is 2.46. The molecule has 0 fully saturated rings. The number of rotatable bonds is 8. The summed E-state index contributed by atoms with van der Waals surface area (Å²) in [6, 6.07) is 5.72. The van der Waals surface area contributed by atoms with Crippen molar-refractivity contribution in [3.8, 4) is 0 Å². The molecule has 0 aliphatic heterocycles. The number of carbonyl (C=O) groups is 1. The van der Waals surface area contributed by atoms with E-state index in [-0.39, 0.29) is 24.3 Å². The van der Waals surface area contributed by atoms with E-state index in [4.69, 9.17) is 0 Å². The highest BCUT2D eigenvalue weighted by molar-refractivity contribution is 7.98. The summed E-state index contributed by atoms with van der Waals surface area (Å²) in [5.74, 6) is 0.883. The normalized spacial score (nSPS) is 13.8. The highest BCUT2D eigenvalue weighted by Crippen LogP contribution is 2.07. The van der Waals surface area contributed by atoms with E-state index in [9.17, 15) is 9.90 Å². The van der Waals surface area contributed by atoms with Gasteiger partial charge in [0.05, 0.1) is 0 Å². The standard InChI is InChI=1S/C14H22N2O2S/c1-11(10-19-2)14(18)16-8-12(9-17)7-13-5-3-4-6-15-13/h3-6,11-12,17H,7-10H2,1-2H3,(H,16,18). The number of hydrogen-bond acceptors (Lipinski definition) is 4. The van der Waals surface area contributed by atoms with E-state index in [1.807, 2.05) is 31.4 Å². The van der Waals surface area contributed by atoms with Crippen LogP contribution in [0.4, 0.5) is 0 Å².